The third-order valence-electron chi connectivity index (χ3n) is 4.88. The minimum absolute atomic E-state index is 0.214. The number of hydrogen-bond donors (Lipinski definition) is 1. The van der Waals surface area contributed by atoms with E-state index in [9.17, 15) is 9.59 Å². The van der Waals surface area contributed by atoms with E-state index in [4.69, 9.17) is 9.47 Å². The van der Waals surface area contributed by atoms with Gasteiger partial charge in [-0.1, -0.05) is 25.0 Å². The molecule has 4 rings (SSSR count). The molecule has 2 heterocycles. The SMILES string of the molecule is CC(OC(=O)c1cc2c(s1)-c1ccccc1OC2)C(=O)NC1CCCC1. The summed E-state index contributed by atoms with van der Waals surface area (Å²) in [7, 11) is 0. The summed E-state index contributed by atoms with van der Waals surface area (Å²) in [5.74, 6) is 0.141. The van der Waals surface area contributed by atoms with Gasteiger partial charge < -0.3 is 14.8 Å². The van der Waals surface area contributed by atoms with E-state index in [2.05, 4.69) is 5.32 Å². The Morgan fingerprint density at radius 1 is 1.27 bits per heavy atom. The fourth-order valence-corrected chi connectivity index (χ4v) is 4.54. The van der Waals surface area contributed by atoms with Gasteiger partial charge in [0.15, 0.2) is 6.10 Å². The number of nitrogens with one attached hydrogen (secondary N) is 1. The lowest BCUT2D eigenvalue weighted by Crippen LogP contribution is -2.40. The number of rotatable bonds is 4. The molecule has 1 N–H and O–H groups in total. The van der Waals surface area contributed by atoms with Gasteiger partial charge in [0, 0.05) is 22.0 Å². The molecule has 0 bridgehead atoms. The molecule has 1 aromatic carbocycles. The van der Waals surface area contributed by atoms with Crippen LogP contribution in [0, 0.1) is 0 Å². The quantitative estimate of drug-likeness (QED) is 0.828. The maximum Gasteiger partial charge on any atom is 0.349 e. The van der Waals surface area contributed by atoms with E-state index in [0.717, 1.165) is 47.4 Å². The van der Waals surface area contributed by atoms with Crippen molar-refractivity contribution >= 4 is 23.2 Å². The van der Waals surface area contributed by atoms with Crippen molar-refractivity contribution in [3.05, 3.63) is 40.8 Å². The first kappa shape index (κ1) is 17.1. The van der Waals surface area contributed by atoms with Crippen molar-refractivity contribution < 1.29 is 19.1 Å². The molecule has 1 unspecified atom stereocenters. The number of hydrogen-bond acceptors (Lipinski definition) is 5. The van der Waals surface area contributed by atoms with E-state index >= 15 is 0 Å². The van der Waals surface area contributed by atoms with Gasteiger partial charge >= 0.3 is 5.97 Å². The molecule has 6 heteroatoms. The Bertz CT molecular complexity index is 838. The molecule has 0 saturated heterocycles. The number of para-hydroxylation sites is 1. The zero-order valence-electron chi connectivity index (χ0n) is 14.6. The van der Waals surface area contributed by atoms with Gasteiger partial charge in [-0.3, -0.25) is 4.79 Å². The molecule has 136 valence electrons. The normalized spacial score (nSPS) is 17.0. The maximum atomic E-state index is 12.5. The molecule has 1 atom stereocenters. The van der Waals surface area contributed by atoms with Gasteiger partial charge in [-0.15, -0.1) is 11.3 Å². The molecule has 1 aliphatic heterocycles. The van der Waals surface area contributed by atoms with Crippen molar-refractivity contribution in [2.75, 3.05) is 0 Å². The minimum atomic E-state index is -0.800. The van der Waals surface area contributed by atoms with E-state index < -0.39 is 12.1 Å². The van der Waals surface area contributed by atoms with Gasteiger partial charge in [-0.25, -0.2) is 4.79 Å². The molecule has 1 fully saturated rings. The van der Waals surface area contributed by atoms with Crippen LogP contribution in [-0.2, 0) is 16.1 Å². The lowest BCUT2D eigenvalue weighted by Gasteiger charge is -2.16. The van der Waals surface area contributed by atoms with Crippen LogP contribution in [0.1, 0.15) is 47.8 Å². The molecule has 0 spiro atoms. The van der Waals surface area contributed by atoms with Gasteiger partial charge in [0.05, 0.1) is 0 Å². The van der Waals surface area contributed by atoms with E-state index in [1.807, 2.05) is 24.3 Å². The zero-order valence-corrected chi connectivity index (χ0v) is 15.4. The number of fused-ring (bicyclic) bond motifs is 3. The van der Waals surface area contributed by atoms with Crippen molar-refractivity contribution in [2.45, 2.75) is 51.4 Å². The Morgan fingerprint density at radius 2 is 2.04 bits per heavy atom. The summed E-state index contributed by atoms with van der Waals surface area (Å²) in [6, 6.07) is 9.80. The van der Waals surface area contributed by atoms with Crippen molar-refractivity contribution in [2.24, 2.45) is 0 Å². The largest absolute Gasteiger partial charge is 0.488 e. The second kappa shape index (κ2) is 7.11. The van der Waals surface area contributed by atoms with E-state index in [0.29, 0.717) is 11.5 Å². The summed E-state index contributed by atoms with van der Waals surface area (Å²) in [6.07, 6.45) is 3.49. The summed E-state index contributed by atoms with van der Waals surface area (Å²) in [6.45, 7) is 2.06. The third kappa shape index (κ3) is 3.33. The standard InChI is InChI=1S/C20H21NO4S/c1-12(19(22)21-14-6-2-3-7-14)25-20(23)17-10-13-11-24-16-9-5-4-8-15(16)18(13)26-17/h4-5,8-10,12,14H,2-3,6-7,11H2,1H3,(H,21,22). The van der Waals surface area contributed by atoms with Crippen LogP contribution in [0.3, 0.4) is 0 Å². The van der Waals surface area contributed by atoms with Crippen LogP contribution in [0.2, 0.25) is 0 Å². The summed E-state index contributed by atoms with van der Waals surface area (Å²) in [5, 5.41) is 2.96. The number of benzene rings is 1. The first-order valence-corrected chi connectivity index (χ1v) is 9.80. The number of carbonyl (C=O) groups excluding carboxylic acids is 2. The van der Waals surface area contributed by atoms with Crippen LogP contribution in [0.25, 0.3) is 10.4 Å². The molecule has 5 nitrogen and oxygen atoms in total. The fraction of sp³-hybridized carbons (Fsp3) is 0.400. The Labute approximate surface area is 156 Å². The van der Waals surface area contributed by atoms with E-state index in [-0.39, 0.29) is 11.9 Å². The highest BCUT2D eigenvalue weighted by atomic mass is 32.1. The summed E-state index contributed by atoms with van der Waals surface area (Å²) >= 11 is 1.39. The van der Waals surface area contributed by atoms with Crippen LogP contribution in [0.4, 0.5) is 0 Å². The van der Waals surface area contributed by atoms with Crippen LogP contribution in [-0.4, -0.2) is 24.0 Å². The smallest absolute Gasteiger partial charge is 0.349 e. The third-order valence-corrected chi connectivity index (χ3v) is 6.07. The lowest BCUT2D eigenvalue weighted by molar-refractivity contribution is -0.129. The highest BCUT2D eigenvalue weighted by Crippen LogP contribution is 2.42. The van der Waals surface area contributed by atoms with Crippen molar-refractivity contribution in [1.82, 2.24) is 5.32 Å². The molecule has 0 radical (unpaired) electrons. The Kier molecular flexibility index (Phi) is 4.68. The number of ether oxygens (including phenoxy) is 2. The number of amides is 1. The molecule has 1 aliphatic carbocycles. The zero-order chi connectivity index (χ0) is 18.1. The Balaban J connectivity index is 1.44. The topological polar surface area (TPSA) is 64.6 Å². The monoisotopic (exact) mass is 371 g/mol. The first-order valence-electron chi connectivity index (χ1n) is 8.98. The molecule has 1 saturated carbocycles. The molecule has 26 heavy (non-hydrogen) atoms. The number of esters is 1. The molecule has 2 aliphatic rings. The average Bonchev–Trinajstić information content (AvgIpc) is 3.31. The van der Waals surface area contributed by atoms with Gasteiger partial charge in [0.2, 0.25) is 0 Å². The van der Waals surface area contributed by atoms with Crippen LogP contribution >= 0.6 is 11.3 Å². The second-order valence-corrected chi connectivity index (χ2v) is 7.84. The Morgan fingerprint density at radius 3 is 2.85 bits per heavy atom. The van der Waals surface area contributed by atoms with E-state index in [1.165, 1.54) is 11.3 Å². The van der Waals surface area contributed by atoms with Gasteiger partial charge in [0.25, 0.3) is 5.91 Å². The second-order valence-electron chi connectivity index (χ2n) is 6.79. The van der Waals surface area contributed by atoms with Crippen molar-refractivity contribution in [1.29, 1.82) is 0 Å². The molecule has 1 aromatic heterocycles. The lowest BCUT2D eigenvalue weighted by atomic mass is 10.1. The van der Waals surface area contributed by atoms with Gasteiger partial charge in [0.1, 0.15) is 17.2 Å². The maximum absolute atomic E-state index is 12.5. The van der Waals surface area contributed by atoms with Gasteiger partial charge in [-0.2, -0.15) is 0 Å². The summed E-state index contributed by atoms with van der Waals surface area (Å²) < 4.78 is 11.1. The first-order chi connectivity index (χ1) is 12.6. The predicted molar refractivity (Wildman–Crippen MR) is 99.4 cm³/mol. The number of thiophene rings is 1. The molecular weight excluding hydrogens is 350 g/mol. The van der Waals surface area contributed by atoms with Crippen LogP contribution in [0.15, 0.2) is 30.3 Å². The van der Waals surface area contributed by atoms with E-state index in [1.54, 1.807) is 13.0 Å². The molecule has 2 aromatic rings. The van der Waals surface area contributed by atoms with Crippen molar-refractivity contribution in [3.8, 4) is 16.2 Å². The molecular formula is C20H21NO4S. The highest BCUT2D eigenvalue weighted by Gasteiger charge is 2.26. The molecule has 1 amide bonds. The summed E-state index contributed by atoms with van der Waals surface area (Å²) in [4.78, 5) is 26.2. The average molecular weight is 371 g/mol. The fourth-order valence-electron chi connectivity index (χ4n) is 3.46. The summed E-state index contributed by atoms with van der Waals surface area (Å²) in [5.41, 5.74) is 1.97. The predicted octanol–water partition coefficient (Wildman–Crippen LogP) is 3.91. The Hall–Kier alpha value is -2.34. The minimum Gasteiger partial charge on any atom is -0.488 e. The van der Waals surface area contributed by atoms with Crippen LogP contribution < -0.4 is 10.1 Å². The van der Waals surface area contributed by atoms with Crippen LogP contribution in [0.5, 0.6) is 5.75 Å². The number of carbonyl (C=O) groups is 2. The van der Waals surface area contributed by atoms with Gasteiger partial charge in [-0.05, 0) is 38.0 Å². The highest BCUT2D eigenvalue weighted by molar-refractivity contribution is 7.17. The van der Waals surface area contributed by atoms with Crippen molar-refractivity contribution in [3.63, 3.8) is 0 Å².